The zero-order valence-electron chi connectivity index (χ0n) is 17.4. The third-order valence-electron chi connectivity index (χ3n) is 4.92. The van der Waals surface area contributed by atoms with E-state index in [4.69, 9.17) is 5.10 Å². The Labute approximate surface area is 189 Å². The molecule has 0 spiro atoms. The zero-order chi connectivity index (χ0) is 22.3. The highest BCUT2D eigenvalue weighted by molar-refractivity contribution is 7.92. The third kappa shape index (κ3) is 3.88. The van der Waals surface area contributed by atoms with Gasteiger partial charge in [-0.25, -0.2) is 8.42 Å². The molecule has 0 unspecified atom stereocenters. The second-order valence-electron chi connectivity index (χ2n) is 7.50. The Bertz CT molecular complexity index is 1520. The molecule has 0 fully saturated rings. The lowest BCUT2D eigenvalue weighted by atomic mass is 10.1. The Hall–Kier alpha value is -3.56. The quantitative estimate of drug-likeness (QED) is 0.401. The minimum Gasteiger partial charge on any atom is -0.280 e. The van der Waals surface area contributed by atoms with E-state index in [0.29, 0.717) is 22.9 Å². The molecule has 3 aromatic heterocycles. The second-order valence-corrected chi connectivity index (χ2v) is 10.1. The third-order valence-corrected chi connectivity index (χ3v) is 7.15. The summed E-state index contributed by atoms with van der Waals surface area (Å²) in [5.74, 6) is 0.670. The van der Waals surface area contributed by atoms with Gasteiger partial charge in [0, 0.05) is 11.3 Å². The molecular weight excluding hydrogens is 442 g/mol. The SMILES string of the molecule is Cc1cc(C)cc(S(=O)(=O)Nc2cccc(-c3ccc4nnc(-c5cccs5)n4n3)c2)c1. The van der Waals surface area contributed by atoms with Crippen molar-refractivity contribution in [3.05, 3.63) is 83.2 Å². The van der Waals surface area contributed by atoms with Gasteiger partial charge in [0.1, 0.15) is 0 Å². The van der Waals surface area contributed by atoms with E-state index >= 15 is 0 Å². The number of hydrogen-bond donors (Lipinski definition) is 1. The first kappa shape index (κ1) is 20.3. The molecule has 0 saturated carbocycles. The molecule has 9 heteroatoms. The summed E-state index contributed by atoms with van der Waals surface area (Å²) in [5, 5.41) is 15.1. The van der Waals surface area contributed by atoms with Crippen molar-refractivity contribution in [2.24, 2.45) is 0 Å². The van der Waals surface area contributed by atoms with E-state index in [9.17, 15) is 8.42 Å². The van der Waals surface area contributed by atoms with Crippen LogP contribution < -0.4 is 4.72 Å². The summed E-state index contributed by atoms with van der Waals surface area (Å²) in [6.45, 7) is 3.76. The summed E-state index contributed by atoms with van der Waals surface area (Å²) in [5.41, 5.74) is 4.36. The number of benzene rings is 2. The normalized spacial score (nSPS) is 11.7. The van der Waals surface area contributed by atoms with Gasteiger partial charge in [-0.05, 0) is 72.8 Å². The van der Waals surface area contributed by atoms with Crippen molar-refractivity contribution < 1.29 is 8.42 Å². The largest absolute Gasteiger partial charge is 0.280 e. The summed E-state index contributed by atoms with van der Waals surface area (Å²) in [4.78, 5) is 1.21. The van der Waals surface area contributed by atoms with E-state index in [1.807, 2.05) is 55.6 Å². The molecular formula is C23H19N5O2S2. The van der Waals surface area contributed by atoms with E-state index < -0.39 is 10.0 Å². The maximum Gasteiger partial charge on any atom is 0.261 e. The lowest BCUT2D eigenvalue weighted by molar-refractivity contribution is 0.601. The molecule has 32 heavy (non-hydrogen) atoms. The Morgan fingerprint density at radius 3 is 2.47 bits per heavy atom. The maximum atomic E-state index is 12.9. The van der Waals surface area contributed by atoms with Crippen LogP contribution in [0, 0.1) is 13.8 Å². The average Bonchev–Trinajstić information content (AvgIpc) is 3.42. The van der Waals surface area contributed by atoms with E-state index in [1.54, 1.807) is 46.2 Å². The number of aryl methyl sites for hydroxylation is 2. The van der Waals surface area contributed by atoms with Crippen LogP contribution in [-0.4, -0.2) is 28.2 Å². The van der Waals surface area contributed by atoms with E-state index in [2.05, 4.69) is 14.9 Å². The Morgan fingerprint density at radius 2 is 1.72 bits per heavy atom. The van der Waals surface area contributed by atoms with Crippen molar-refractivity contribution in [3.63, 3.8) is 0 Å². The molecule has 3 heterocycles. The second kappa shape index (κ2) is 7.85. The molecule has 0 radical (unpaired) electrons. The Kier molecular flexibility index (Phi) is 4.99. The van der Waals surface area contributed by atoms with Crippen molar-refractivity contribution in [1.82, 2.24) is 19.8 Å². The number of hydrogen-bond acceptors (Lipinski definition) is 6. The minimum absolute atomic E-state index is 0.241. The van der Waals surface area contributed by atoms with Gasteiger partial charge in [-0.1, -0.05) is 24.3 Å². The van der Waals surface area contributed by atoms with Gasteiger partial charge in [-0.15, -0.1) is 21.5 Å². The molecule has 0 amide bonds. The van der Waals surface area contributed by atoms with E-state index in [1.165, 1.54) is 0 Å². The number of fused-ring (bicyclic) bond motifs is 1. The minimum atomic E-state index is -3.71. The van der Waals surface area contributed by atoms with Crippen molar-refractivity contribution >= 4 is 32.7 Å². The van der Waals surface area contributed by atoms with Gasteiger partial charge in [-0.2, -0.15) is 9.61 Å². The lowest BCUT2D eigenvalue weighted by Crippen LogP contribution is -2.13. The van der Waals surface area contributed by atoms with Crippen LogP contribution in [0.15, 0.2) is 77.0 Å². The number of anilines is 1. The smallest absolute Gasteiger partial charge is 0.261 e. The van der Waals surface area contributed by atoms with Gasteiger partial charge in [0.15, 0.2) is 11.5 Å². The van der Waals surface area contributed by atoms with Crippen LogP contribution in [0.4, 0.5) is 5.69 Å². The summed E-state index contributed by atoms with van der Waals surface area (Å²) < 4.78 is 30.2. The van der Waals surface area contributed by atoms with Crippen LogP contribution in [0.5, 0.6) is 0 Å². The summed E-state index contributed by atoms with van der Waals surface area (Å²) >= 11 is 1.57. The predicted octanol–water partition coefficient (Wildman–Crippen LogP) is 4.94. The van der Waals surface area contributed by atoms with Gasteiger partial charge in [0.05, 0.1) is 15.5 Å². The number of nitrogens with zero attached hydrogens (tertiary/aromatic N) is 4. The summed E-state index contributed by atoms with van der Waals surface area (Å²) in [6, 6.07) is 20.1. The number of thiophene rings is 1. The predicted molar refractivity (Wildman–Crippen MR) is 126 cm³/mol. The van der Waals surface area contributed by atoms with Crippen molar-refractivity contribution in [2.75, 3.05) is 4.72 Å². The Morgan fingerprint density at radius 1 is 0.906 bits per heavy atom. The highest BCUT2D eigenvalue weighted by atomic mass is 32.2. The fourth-order valence-corrected chi connectivity index (χ4v) is 5.48. The van der Waals surface area contributed by atoms with Gasteiger partial charge >= 0.3 is 0 Å². The number of aromatic nitrogens is 4. The summed E-state index contributed by atoms with van der Waals surface area (Å²) in [7, 11) is -3.71. The topological polar surface area (TPSA) is 89.2 Å². The first-order valence-corrected chi connectivity index (χ1v) is 12.2. The molecule has 160 valence electrons. The highest BCUT2D eigenvalue weighted by Crippen LogP contribution is 2.26. The van der Waals surface area contributed by atoms with Crippen LogP contribution in [-0.2, 0) is 10.0 Å². The number of rotatable bonds is 5. The molecule has 0 aliphatic carbocycles. The van der Waals surface area contributed by atoms with E-state index in [0.717, 1.165) is 21.6 Å². The summed E-state index contributed by atoms with van der Waals surface area (Å²) in [6.07, 6.45) is 0. The van der Waals surface area contributed by atoms with Crippen LogP contribution >= 0.6 is 11.3 Å². The number of nitrogens with one attached hydrogen (secondary N) is 1. The van der Waals surface area contributed by atoms with Crippen LogP contribution in [0.2, 0.25) is 0 Å². The van der Waals surface area contributed by atoms with Crippen molar-refractivity contribution in [2.45, 2.75) is 18.7 Å². The molecule has 0 atom stereocenters. The zero-order valence-corrected chi connectivity index (χ0v) is 19.0. The van der Waals surface area contributed by atoms with E-state index in [-0.39, 0.29) is 4.90 Å². The standard InChI is InChI=1S/C23H19N5O2S2/c1-15-11-16(2)13-19(12-15)32(29,30)27-18-6-3-5-17(14-18)20-8-9-22-24-25-23(28(22)26-20)21-7-4-10-31-21/h3-14,27H,1-2H3. The van der Waals surface area contributed by atoms with Crippen molar-refractivity contribution in [1.29, 1.82) is 0 Å². The molecule has 0 aliphatic rings. The van der Waals surface area contributed by atoms with Gasteiger partial charge < -0.3 is 0 Å². The fraction of sp³-hybridized carbons (Fsp3) is 0.0870. The number of sulfonamides is 1. The van der Waals surface area contributed by atoms with Crippen LogP contribution in [0.1, 0.15) is 11.1 Å². The molecule has 0 aliphatic heterocycles. The molecule has 0 saturated heterocycles. The average molecular weight is 462 g/mol. The first-order valence-electron chi connectivity index (χ1n) is 9.87. The molecule has 7 nitrogen and oxygen atoms in total. The van der Waals surface area contributed by atoms with Gasteiger partial charge in [0.25, 0.3) is 10.0 Å². The van der Waals surface area contributed by atoms with Crippen molar-refractivity contribution in [3.8, 4) is 22.0 Å². The van der Waals surface area contributed by atoms with Gasteiger partial charge in [0.2, 0.25) is 0 Å². The first-order chi connectivity index (χ1) is 15.4. The molecule has 5 rings (SSSR count). The maximum absolute atomic E-state index is 12.9. The van der Waals surface area contributed by atoms with Crippen LogP contribution in [0.3, 0.4) is 0 Å². The lowest BCUT2D eigenvalue weighted by Gasteiger charge is -2.11. The molecule has 2 aromatic carbocycles. The monoisotopic (exact) mass is 461 g/mol. The van der Waals surface area contributed by atoms with Crippen LogP contribution in [0.25, 0.3) is 27.6 Å². The Balaban J connectivity index is 1.50. The fourth-order valence-electron chi connectivity index (χ4n) is 3.55. The molecule has 1 N–H and O–H groups in total. The van der Waals surface area contributed by atoms with Gasteiger partial charge in [-0.3, -0.25) is 4.72 Å². The molecule has 5 aromatic rings. The molecule has 0 bridgehead atoms. The highest BCUT2D eigenvalue weighted by Gasteiger charge is 2.16.